The summed E-state index contributed by atoms with van der Waals surface area (Å²) in [6.45, 7) is 2.60. The predicted molar refractivity (Wildman–Crippen MR) is 88.9 cm³/mol. The number of carbonyl (C=O) groups excluding carboxylic acids is 1. The zero-order valence-corrected chi connectivity index (χ0v) is 13.4. The van der Waals surface area contributed by atoms with Crippen molar-refractivity contribution in [3.8, 4) is 0 Å². The van der Waals surface area contributed by atoms with Crippen molar-refractivity contribution >= 4 is 5.91 Å². The summed E-state index contributed by atoms with van der Waals surface area (Å²) < 4.78 is 0. The van der Waals surface area contributed by atoms with Gasteiger partial charge in [0.2, 0.25) is 5.91 Å². The fourth-order valence-electron chi connectivity index (χ4n) is 3.62. The number of nitrogens with zero attached hydrogens (tertiary/aromatic N) is 1. The number of carbonyl (C=O) groups is 1. The van der Waals surface area contributed by atoms with Crippen LogP contribution in [0.15, 0.2) is 30.3 Å². The molecule has 0 unspecified atom stereocenters. The molecule has 2 aliphatic rings. The van der Waals surface area contributed by atoms with E-state index >= 15 is 0 Å². The van der Waals surface area contributed by atoms with Gasteiger partial charge in [0, 0.05) is 32.2 Å². The third-order valence-electron chi connectivity index (χ3n) is 5.11. The summed E-state index contributed by atoms with van der Waals surface area (Å²) in [4.78, 5) is 13.7. The van der Waals surface area contributed by atoms with Crippen LogP contribution in [0.5, 0.6) is 0 Å². The van der Waals surface area contributed by atoms with Crippen molar-refractivity contribution in [2.45, 2.75) is 43.7 Å². The molecule has 2 fully saturated rings. The molecular formula is C18H27N3O. The third kappa shape index (κ3) is 3.87. The molecule has 22 heavy (non-hydrogen) atoms. The Balaban J connectivity index is 1.35. The van der Waals surface area contributed by atoms with E-state index in [9.17, 15) is 4.79 Å². The molecule has 0 aromatic heterocycles. The summed E-state index contributed by atoms with van der Waals surface area (Å²) in [5.74, 6) is 0.864. The van der Waals surface area contributed by atoms with E-state index in [4.69, 9.17) is 0 Å². The summed E-state index contributed by atoms with van der Waals surface area (Å²) >= 11 is 0. The van der Waals surface area contributed by atoms with Crippen molar-refractivity contribution in [1.29, 1.82) is 0 Å². The first-order valence-corrected chi connectivity index (χ1v) is 8.48. The standard InChI is InChI=1S/C18H27N3O/c1-19-18(22)13-21-9-7-16(8-10-21)20-17-11-15(12-17)14-5-3-2-4-6-14/h2-6,15-17,20H,7-13H2,1H3,(H,19,22). The molecule has 4 heteroatoms. The number of likely N-dealkylation sites (N-methyl/N-ethyl adjacent to an activating group) is 1. The fourth-order valence-corrected chi connectivity index (χ4v) is 3.62. The van der Waals surface area contributed by atoms with E-state index in [1.807, 2.05) is 0 Å². The molecule has 1 saturated carbocycles. The molecule has 120 valence electrons. The van der Waals surface area contributed by atoms with Gasteiger partial charge < -0.3 is 10.6 Å². The van der Waals surface area contributed by atoms with Crippen molar-refractivity contribution in [2.75, 3.05) is 26.7 Å². The van der Waals surface area contributed by atoms with Gasteiger partial charge in [0.05, 0.1) is 6.54 Å². The Morgan fingerprint density at radius 1 is 1.14 bits per heavy atom. The summed E-state index contributed by atoms with van der Waals surface area (Å²) in [5.41, 5.74) is 1.49. The van der Waals surface area contributed by atoms with Crippen molar-refractivity contribution < 1.29 is 4.79 Å². The highest BCUT2D eigenvalue weighted by atomic mass is 16.1. The van der Waals surface area contributed by atoms with Crippen LogP contribution < -0.4 is 10.6 Å². The fraction of sp³-hybridized carbons (Fsp3) is 0.611. The van der Waals surface area contributed by atoms with Gasteiger partial charge in [-0.3, -0.25) is 9.69 Å². The maximum atomic E-state index is 11.4. The van der Waals surface area contributed by atoms with E-state index in [0.717, 1.165) is 31.8 Å². The zero-order valence-electron chi connectivity index (χ0n) is 13.4. The largest absolute Gasteiger partial charge is 0.358 e. The summed E-state index contributed by atoms with van der Waals surface area (Å²) in [7, 11) is 1.70. The summed E-state index contributed by atoms with van der Waals surface area (Å²) in [6.07, 6.45) is 4.85. The molecule has 0 bridgehead atoms. The minimum Gasteiger partial charge on any atom is -0.358 e. The Kier molecular flexibility index (Phi) is 5.11. The normalized spacial score (nSPS) is 26.4. The van der Waals surface area contributed by atoms with Gasteiger partial charge in [-0.15, -0.1) is 0 Å². The minimum absolute atomic E-state index is 0.121. The predicted octanol–water partition coefficient (Wildman–Crippen LogP) is 1.73. The molecular weight excluding hydrogens is 274 g/mol. The first-order valence-electron chi connectivity index (χ1n) is 8.48. The lowest BCUT2D eigenvalue weighted by Crippen LogP contribution is -2.51. The molecule has 0 atom stereocenters. The molecule has 1 aliphatic carbocycles. The number of benzene rings is 1. The number of rotatable bonds is 5. The highest BCUT2D eigenvalue weighted by Crippen LogP contribution is 2.37. The van der Waals surface area contributed by atoms with Crippen LogP contribution in [0.3, 0.4) is 0 Å². The molecule has 4 nitrogen and oxygen atoms in total. The first-order chi connectivity index (χ1) is 10.7. The van der Waals surface area contributed by atoms with Crippen LogP contribution in [-0.2, 0) is 4.79 Å². The van der Waals surface area contributed by atoms with Gasteiger partial charge in [-0.05, 0) is 37.2 Å². The lowest BCUT2D eigenvalue weighted by molar-refractivity contribution is -0.122. The van der Waals surface area contributed by atoms with E-state index in [-0.39, 0.29) is 5.91 Å². The Hall–Kier alpha value is -1.39. The second-order valence-electron chi connectivity index (χ2n) is 6.67. The third-order valence-corrected chi connectivity index (χ3v) is 5.11. The Morgan fingerprint density at radius 2 is 1.82 bits per heavy atom. The maximum absolute atomic E-state index is 11.4. The molecule has 1 aliphatic heterocycles. The molecule has 1 amide bonds. The topological polar surface area (TPSA) is 44.4 Å². The summed E-state index contributed by atoms with van der Waals surface area (Å²) in [5, 5.41) is 6.51. The molecule has 0 spiro atoms. The molecule has 1 aromatic carbocycles. The molecule has 1 heterocycles. The van der Waals surface area contributed by atoms with Gasteiger partial charge in [-0.1, -0.05) is 30.3 Å². The first kappa shape index (κ1) is 15.5. The molecule has 1 saturated heterocycles. The Labute approximate surface area is 133 Å². The van der Waals surface area contributed by atoms with Crippen molar-refractivity contribution in [3.05, 3.63) is 35.9 Å². The van der Waals surface area contributed by atoms with Gasteiger partial charge in [-0.2, -0.15) is 0 Å². The van der Waals surface area contributed by atoms with Crippen LogP contribution in [0.1, 0.15) is 37.2 Å². The molecule has 0 radical (unpaired) electrons. The number of amides is 1. The van der Waals surface area contributed by atoms with Crippen LogP contribution in [0.25, 0.3) is 0 Å². The van der Waals surface area contributed by atoms with Gasteiger partial charge in [0.1, 0.15) is 0 Å². The SMILES string of the molecule is CNC(=O)CN1CCC(NC2CC(c3ccccc3)C2)CC1. The molecule has 2 N–H and O–H groups in total. The van der Waals surface area contributed by atoms with Gasteiger partial charge >= 0.3 is 0 Å². The van der Waals surface area contributed by atoms with E-state index in [1.165, 1.54) is 18.4 Å². The molecule has 1 aromatic rings. The van der Waals surface area contributed by atoms with E-state index in [0.29, 0.717) is 18.6 Å². The molecule has 3 rings (SSSR count). The van der Waals surface area contributed by atoms with Crippen LogP contribution in [0.4, 0.5) is 0 Å². The van der Waals surface area contributed by atoms with Gasteiger partial charge in [0.15, 0.2) is 0 Å². The highest BCUT2D eigenvalue weighted by molar-refractivity contribution is 5.77. The van der Waals surface area contributed by atoms with Crippen molar-refractivity contribution in [2.24, 2.45) is 0 Å². The van der Waals surface area contributed by atoms with Gasteiger partial charge in [0.25, 0.3) is 0 Å². The van der Waals surface area contributed by atoms with Crippen LogP contribution in [-0.4, -0.2) is 49.6 Å². The van der Waals surface area contributed by atoms with Crippen molar-refractivity contribution in [1.82, 2.24) is 15.5 Å². The van der Waals surface area contributed by atoms with Gasteiger partial charge in [-0.25, -0.2) is 0 Å². The monoisotopic (exact) mass is 301 g/mol. The maximum Gasteiger partial charge on any atom is 0.233 e. The van der Waals surface area contributed by atoms with E-state index in [1.54, 1.807) is 7.05 Å². The number of likely N-dealkylation sites (tertiary alicyclic amines) is 1. The number of hydrogen-bond donors (Lipinski definition) is 2. The quantitative estimate of drug-likeness (QED) is 0.870. The second kappa shape index (κ2) is 7.25. The Morgan fingerprint density at radius 3 is 2.45 bits per heavy atom. The number of piperidine rings is 1. The number of hydrogen-bond acceptors (Lipinski definition) is 3. The van der Waals surface area contributed by atoms with E-state index < -0.39 is 0 Å². The Bertz CT molecular complexity index is 476. The average molecular weight is 301 g/mol. The van der Waals surface area contributed by atoms with Crippen LogP contribution in [0, 0.1) is 0 Å². The highest BCUT2D eigenvalue weighted by Gasteiger charge is 2.32. The lowest BCUT2D eigenvalue weighted by Gasteiger charge is -2.41. The minimum atomic E-state index is 0.121. The smallest absolute Gasteiger partial charge is 0.233 e. The van der Waals surface area contributed by atoms with Crippen LogP contribution >= 0.6 is 0 Å². The van der Waals surface area contributed by atoms with Crippen molar-refractivity contribution in [3.63, 3.8) is 0 Å². The second-order valence-corrected chi connectivity index (χ2v) is 6.67. The lowest BCUT2D eigenvalue weighted by atomic mass is 9.75. The number of nitrogens with one attached hydrogen (secondary N) is 2. The average Bonchev–Trinajstić information content (AvgIpc) is 2.52. The summed E-state index contributed by atoms with van der Waals surface area (Å²) in [6, 6.07) is 12.2. The van der Waals surface area contributed by atoms with E-state index in [2.05, 4.69) is 45.9 Å². The van der Waals surface area contributed by atoms with Crippen LogP contribution in [0.2, 0.25) is 0 Å². The zero-order chi connectivity index (χ0) is 15.4.